The van der Waals surface area contributed by atoms with Gasteiger partial charge in [0.15, 0.2) is 0 Å². The van der Waals surface area contributed by atoms with E-state index in [1.165, 1.54) is 0 Å². The summed E-state index contributed by atoms with van der Waals surface area (Å²) in [5, 5.41) is 20.3. The van der Waals surface area contributed by atoms with Gasteiger partial charge in [0.1, 0.15) is 24.7 Å². The van der Waals surface area contributed by atoms with E-state index in [2.05, 4.69) is 0 Å². The highest BCUT2D eigenvalue weighted by Crippen LogP contribution is 2.45. The van der Waals surface area contributed by atoms with Crippen LogP contribution >= 0.6 is 7.82 Å². The third-order valence-electron chi connectivity index (χ3n) is 5.68. The number of ether oxygens (including phenoxy) is 2. The summed E-state index contributed by atoms with van der Waals surface area (Å²) in [5.74, 6) is -2.53. The molecule has 0 aromatic carbocycles. The third-order valence-corrected chi connectivity index (χ3v) is 6.63. The van der Waals surface area contributed by atoms with Gasteiger partial charge in [0.2, 0.25) is 11.6 Å². The van der Waals surface area contributed by atoms with E-state index in [4.69, 9.17) is 18.5 Å². The molecule has 5 N–H and O–H groups in total. The fourth-order valence-corrected chi connectivity index (χ4v) is 4.54. The minimum atomic E-state index is -4.82. The van der Waals surface area contributed by atoms with Crippen LogP contribution in [0.1, 0.15) is 25.3 Å². The zero-order valence-corrected chi connectivity index (χ0v) is 19.5. The molecule has 0 saturated carbocycles. The molecular formula is C18H21F2N4O12P. The van der Waals surface area contributed by atoms with Crippen LogP contribution in [0.3, 0.4) is 0 Å². The van der Waals surface area contributed by atoms with Crippen molar-refractivity contribution in [2.75, 3.05) is 13.2 Å². The number of phosphoric acid groups is 1. The first-order chi connectivity index (χ1) is 17.3. The van der Waals surface area contributed by atoms with Crippen molar-refractivity contribution < 1.29 is 47.0 Å². The van der Waals surface area contributed by atoms with Gasteiger partial charge in [0, 0.05) is 12.8 Å². The summed E-state index contributed by atoms with van der Waals surface area (Å²) >= 11 is 0. The first kappa shape index (κ1) is 27.2. The van der Waals surface area contributed by atoms with E-state index in [-0.39, 0.29) is 12.8 Å². The Bertz CT molecular complexity index is 1340. The molecule has 4 heterocycles. The Balaban J connectivity index is 1.31. The maximum absolute atomic E-state index is 13.5. The molecule has 37 heavy (non-hydrogen) atoms. The predicted octanol–water partition coefficient (Wildman–Crippen LogP) is -2.20. The number of rotatable bonds is 8. The van der Waals surface area contributed by atoms with E-state index < -0.39 is 92.0 Å². The Kier molecular flexibility index (Phi) is 7.72. The molecule has 2 aliphatic rings. The van der Waals surface area contributed by atoms with Crippen LogP contribution in [0.15, 0.2) is 31.6 Å². The summed E-state index contributed by atoms with van der Waals surface area (Å²) in [6.07, 6.45) is -6.77. The first-order valence-electron chi connectivity index (χ1n) is 10.7. The van der Waals surface area contributed by atoms with Crippen LogP contribution in [0.5, 0.6) is 0 Å². The number of hydrogen-bond acceptors (Lipinski definition) is 11. The molecule has 0 bridgehead atoms. The van der Waals surface area contributed by atoms with Gasteiger partial charge in [0.05, 0.1) is 37.8 Å². The lowest BCUT2D eigenvalue weighted by atomic mass is 10.2. The smallest absolute Gasteiger partial charge is 0.390 e. The van der Waals surface area contributed by atoms with E-state index in [1.807, 2.05) is 0 Å². The maximum Gasteiger partial charge on any atom is 0.472 e. The van der Waals surface area contributed by atoms with Crippen molar-refractivity contribution in [3.63, 3.8) is 0 Å². The molecule has 0 aliphatic carbocycles. The number of hydrogen-bond donors (Lipinski definition) is 5. The van der Waals surface area contributed by atoms with Crippen LogP contribution in [0.4, 0.5) is 8.78 Å². The molecule has 0 amide bonds. The molecule has 2 saturated heterocycles. The summed E-state index contributed by atoms with van der Waals surface area (Å²) in [4.78, 5) is 59.5. The SMILES string of the molecule is O=c1[nH]c(=O)n(C2CC(O)C(COP(=O)(O)OCC3OC(n4cc(F)c(=O)[nH]c4=O)CC3O)O2)cc1F. The van der Waals surface area contributed by atoms with Crippen LogP contribution in [0.25, 0.3) is 0 Å². The average molecular weight is 554 g/mol. The number of aromatic amines is 2. The van der Waals surface area contributed by atoms with Gasteiger partial charge in [0.25, 0.3) is 11.1 Å². The number of aliphatic hydroxyl groups is 2. The minimum Gasteiger partial charge on any atom is -0.390 e. The van der Waals surface area contributed by atoms with Gasteiger partial charge in [-0.15, -0.1) is 0 Å². The Morgan fingerprint density at radius 2 is 1.24 bits per heavy atom. The Hall–Kier alpha value is -2.83. The molecule has 6 unspecified atom stereocenters. The molecule has 2 aliphatic heterocycles. The summed E-state index contributed by atoms with van der Waals surface area (Å²) in [5.41, 5.74) is -4.47. The van der Waals surface area contributed by atoms with Crippen LogP contribution in [0, 0.1) is 11.6 Å². The summed E-state index contributed by atoms with van der Waals surface area (Å²) in [7, 11) is -4.82. The normalized spacial score (nSPS) is 29.4. The maximum atomic E-state index is 13.5. The van der Waals surface area contributed by atoms with Gasteiger partial charge < -0.3 is 24.6 Å². The lowest BCUT2D eigenvalue weighted by Crippen LogP contribution is -2.34. The molecule has 204 valence electrons. The van der Waals surface area contributed by atoms with Crippen LogP contribution in [0.2, 0.25) is 0 Å². The van der Waals surface area contributed by atoms with Gasteiger partial charge in [-0.25, -0.2) is 14.2 Å². The fraction of sp³-hybridized carbons (Fsp3) is 0.556. The average Bonchev–Trinajstić information content (AvgIpc) is 3.38. The summed E-state index contributed by atoms with van der Waals surface area (Å²) < 4.78 is 61.0. The van der Waals surface area contributed by atoms with E-state index in [0.717, 1.165) is 0 Å². The molecule has 2 aromatic heterocycles. The number of aromatic nitrogens is 4. The van der Waals surface area contributed by atoms with E-state index in [0.29, 0.717) is 21.5 Å². The zero-order valence-electron chi connectivity index (χ0n) is 18.6. The van der Waals surface area contributed by atoms with E-state index in [1.54, 1.807) is 9.97 Å². The van der Waals surface area contributed by atoms with E-state index >= 15 is 0 Å². The van der Waals surface area contributed by atoms with Gasteiger partial charge >= 0.3 is 19.2 Å². The van der Waals surface area contributed by atoms with E-state index in [9.17, 15) is 47.6 Å². The molecule has 2 fully saturated rings. The monoisotopic (exact) mass is 554 g/mol. The second-order valence-electron chi connectivity index (χ2n) is 8.21. The lowest BCUT2D eigenvalue weighted by molar-refractivity contribution is -0.0584. The van der Waals surface area contributed by atoms with Crippen molar-refractivity contribution in [3.8, 4) is 0 Å². The van der Waals surface area contributed by atoms with Crippen molar-refractivity contribution in [1.29, 1.82) is 0 Å². The standard InChI is InChI=1S/C18H21F2N4O12P/c19-7-3-23(17(29)21-15(7)27)13-1-9(25)11(35-13)5-33-37(31,32)34-6-12-10(26)2-14(36-12)24-4-8(20)16(28)22-18(24)30/h3-4,9-14,25-26H,1-2,5-6H2,(H,31,32)(H,21,27,29)(H,22,28,30). The van der Waals surface area contributed by atoms with Gasteiger partial charge in [-0.2, -0.15) is 8.78 Å². The minimum absolute atomic E-state index is 0.232. The van der Waals surface area contributed by atoms with Crippen LogP contribution < -0.4 is 22.5 Å². The Morgan fingerprint density at radius 3 is 1.62 bits per heavy atom. The number of halogens is 2. The van der Waals surface area contributed by atoms with Gasteiger partial charge in [-0.05, 0) is 0 Å². The highest BCUT2D eigenvalue weighted by molar-refractivity contribution is 7.47. The fourth-order valence-electron chi connectivity index (χ4n) is 3.79. The third kappa shape index (κ3) is 6.02. The second kappa shape index (κ2) is 10.5. The summed E-state index contributed by atoms with van der Waals surface area (Å²) in [6.45, 7) is -1.40. The van der Waals surface area contributed by atoms with Crippen LogP contribution in [-0.2, 0) is 23.1 Å². The molecule has 0 radical (unpaired) electrons. The van der Waals surface area contributed by atoms with Crippen molar-refractivity contribution in [2.45, 2.75) is 49.7 Å². The van der Waals surface area contributed by atoms with Gasteiger partial charge in [-0.3, -0.25) is 37.7 Å². The largest absolute Gasteiger partial charge is 0.472 e. The Morgan fingerprint density at radius 1 is 0.865 bits per heavy atom. The number of phosphoric ester groups is 1. The zero-order chi connectivity index (χ0) is 27.1. The topological polar surface area (TPSA) is 224 Å². The first-order valence-corrected chi connectivity index (χ1v) is 12.1. The quantitative estimate of drug-likeness (QED) is 0.219. The van der Waals surface area contributed by atoms with Crippen molar-refractivity contribution in [3.05, 3.63) is 65.7 Å². The van der Waals surface area contributed by atoms with Crippen molar-refractivity contribution in [1.82, 2.24) is 19.1 Å². The molecule has 2 aromatic rings. The molecule has 4 rings (SSSR count). The van der Waals surface area contributed by atoms with Crippen molar-refractivity contribution in [2.24, 2.45) is 0 Å². The Labute approximate surface area is 203 Å². The van der Waals surface area contributed by atoms with Crippen LogP contribution in [-0.4, -0.2) is 71.8 Å². The molecule has 16 nitrogen and oxygen atoms in total. The van der Waals surface area contributed by atoms with Crippen molar-refractivity contribution >= 4 is 7.82 Å². The number of nitrogens with zero attached hydrogens (tertiary/aromatic N) is 2. The number of nitrogens with one attached hydrogen (secondary N) is 2. The second-order valence-corrected chi connectivity index (χ2v) is 9.67. The molecule has 19 heteroatoms. The highest BCUT2D eigenvalue weighted by Gasteiger charge is 2.40. The molecule has 0 spiro atoms. The molecular weight excluding hydrogens is 533 g/mol. The summed E-state index contributed by atoms with van der Waals surface area (Å²) in [6, 6.07) is 0. The predicted molar refractivity (Wildman–Crippen MR) is 113 cm³/mol. The highest BCUT2D eigenvalue weighted by atomic mass is 31.2. The van der Waals surface area contributed by atoms with Gasteiger partial charge in [-0.1, -0.05) is 0 Å². The lowest BCUT2D eigenvalue weighted by Gasteiger charge is -2.20. The number of aliphatic hydroxyl groups excluding tert-OH is 2. The molecule has 6 atom stereocenters. The number of H-pyrrole nitrogens is 2.